The second-order valence-electron chi connectivity index (χ2n) is 7.73. The number of benzene rings is 2. The normalized spacial score (nSPS) is 16.9. The largest absolute Gasteiger partial charge is 0.497 e. The van der Waals surface area contributed by atoms with Crippen molar-refractivity contribution in [2.24, 2.45) is 0 Å². The first-order chi connectivity index (χ1) is 15.8. The Balaban J connectivity index is 1.56. The van der Waals surface area contributed by atoms with Gasteiger partial charge in [-0.2, -0.15) is 5.26 Å². The lowest BCUT2D eigenvalue weighted by molar-refractivity contribution is -0.131. The molecule has 2 amide bonds. The Morgan fingerprint density at radius 1 is 1.24 bits per heavy atom. The van der Waals surface area contributed by atoms with Crippen molar-refractivity contribution in [2.45, 2.75) is 18.4 Å². The number of nitriles is 1. The fraction of sp³-hybridized carbons (Fsp3) is 0.250. The number of hydrogen-bond donors (Lipinski definition) is 1. The molecule has 168 valence electrons. The number of halogens is 2. The molecular weight excluding hydrogens is 430 g/mol. The van der Waals surface area contributed by atoms with Gasteiger partial charge < -0.3 is 15.0 Å². The van der Waals surface area contributed by atoms with Crippen molar-refractivity contribution in [1.82, 2.24) is 15.2 Å². The molecule has 0 aliphatic carbocycles. The molecule has 1 fully saturated rings. The van der Waals surface area contributed by atoms with E-state index >= 15 is 0 Å². The molecule has 1 aliphatic heterocycles. The van der Waals surface area contributed by atoms with Crippen LogP contribution in [0.3, 0.4) is 0 Å². The highest BCUT2D eigenvalue weighted by atomic mass is 19.3. The highest BCUT2D eigenvalue weighted by molar-refractivity contribution is 6.07. The van der Waals surface area contributed by atoms with Crippen molar-refractivity contribution in [3.05, 3.63) is 60.3 Å². The van der Waals surface area contributed by atoms with Crippen molar-refractivity contribution in [3.63, 3.8) is 0 Å². The van der Waals surface area contributed by atoms with E-state index in [1.807, 2.05) is 36.4 Å². The molecule has 1 N–H and O–H groups in total. The van der Waals surface area contributed by atoms with Gasteiger partial charge in [-0.25, -0.2) is 8.78 Å². The first-order valence-corrected chi connectivity index (χ1v) is 10.2. The van der Waals surface area contributed by atoms with Crippen molar-refractivity contribution < 1.29 is 23.1 Å². The fourth-order valence-corrected chi connectivity index (χ4v) is 3.87. The fourth-order valence-electron chi connectivity index (χ4n) is 3.87. The molecular formula is C24H20F2N4O3. The molecule has 1 saturated heterocycles. The minimum atomic E-state index is -3.11. The first-order valence-electron chi connectivity index (χ1n) is 10.2. The lowest BCUT2D eigenvalue weighted by Crippen LogP contribution is -2.43. The number of ether oxygens (including phenoxy) is 1. The average Bonchev–Trinajstić information content (AvgIpc) is 3.16. The number of alkyl halides is 2. The summed E-state index contributed by atoms with van der Waals surface area (Å²) in [7, 11) is 1.58. The van der Waals surface area contributed by atoms with Crippen LogP contribution < -0.4 is 10.1 Å². The summed E-state index contributed by atoms with van der Waals surface area (Å²) < 4.78 is 32.5. The van der Waals surface area contributed by atoms with Crippen molar-refractivity contribution >= 4 is 22.7 Å². The van der Waals surface area contributed by atoms with E-state index in [4.69, 9.17) is 10.00 Å². The third-order valence-electron chi connectivity index (χ3n) is 5.53. The molecule has 2 heterocycles. The number of methoxy groups -OCH3 is 1. The summed E-state index contributed by atoms with van der Waals surface area (Å²) in [6.07, 6.45) is 0.780. The van der Waals surface area contributed by atoms with Crippen LogP contribution in [0.4, 0.5) is 8.78 Å². The molecule has 0 radical (unpaired) electrons. The van der Waals surface area contributed by atoms with Gasteiger partial charge in [0, 0.05) is 18.0 Å². The molecule has 3 aromatic rings. The number of aromatic nitrogens is 1. The maximum Gasteiger partial charge on any atom is 0.268 e. The van der Waals surface area contributed by atoms with E-state index in [1.165, 1.54) is 12.3 Å². The molecule has 0 unspecified atom stereocenters. The van der Waals surface area contributed by atoms with E-state index in [2.05, 4.69) is 10.3 Å². The quantitative estimate of drug-likeness (QED) is 0.643. The number of rotatable bonds is 5. The van der Waals surface area contributed by atoms with Gasteiger partial charge in [0.25, 0.3) is 11.8 Å². The van der Waals surface area contributed by atoms with E-state index in [1.54, 1.807) is 19.2 Å². The number of amides is 2. The summed E-state index contributed by atoms with van der Waals surface area (Å²) in [5.41, 5.74) is 2.61. The predicted molar refractivity (Wildman–Crippen MR) is 117 cm³/mol. The van der Waals surface area contributed by atoms with E-state index in [9.17, 15) is 18.4 Å². The number of nitrogens with zero attached hydrogens (tertiary/aromatic N) is 3. The molecule has 4 rings (SSSR count). The van der Waals surface area contributed by atoms with Gasteiger partial charge in [0.15, 0.2) is 0 Å². The SMILES string of the molecule is COc1cccc(-c2ccc3nccc(C(=O)NCC(=O)N4CC(F)(F)C[C@H]4C#N)c3c2)c1. The van der Waals surface area contributed by atoms with Crippen LogP contribution in [0.1, 0.15) is 16.8 Å². The average molecular weight is 450 g/mol. The summed E-state index contributed by atoms with van der Waals surface area (Å²) in [5.74, 6) is -3.70. The molecule has 0 saturated carbocycles. The predicted octanol–water partition coefficient (Wildman–Crippen LogP) is 3.40. The standard InChI is InChI=1S/C24H20F2N4O3/c1-33-18-4-2-3-15(9-18)16-5-6-21-20(10-16)19(7-8-28-21)23(32)29-13-22(31)30-14-24(25,26)11-17(30)12-27/h2-10,17H,11,13-14H2,1H3,(H,29,32)/t17-/m0/s1. The number of fused-ring (bicyclic) bond motifs is 1. The number of hydrogen-bond acceptors (Lipinski definition) is 5. The summed E-state index contributed by atoms with van der Waals surface area (Å²) in [4.78, 5) is 30.4. The number of carbonyl (C=O) groups is 2. The van der Waals surface area contributed by atoms with E-state index in [0.29, 0.717) is 22.2 Å². The second kappa shape index (κ2) is 8.82. The van der Waals surface area contributed by atoms with Crippen molar-refractivity contribution in [1.29, 1.82) is 5.26 Å². The van der Waals surface area contributed by atoms with Crippen molar-refractivity contribution in [3.8, 4) is 22.9 Å². The van der Waals surface area contributed by atoms with Gasteiger partial charge in [0.2, 0.25) is 5.91 Å². The number of likely N-dealkylation sites (tertiary alicyclic amines) is 1. The van der Waals surface area contributed by atoms with Crippen LogP contribution >= 0.6 is 0 Å². The molecule has 2 aromatic carbocycles. The monoisotopic (exact) mass is 450 g/mol. The maximum absolute atomic E-state index is 13.6. The van der Waals surface area contributed by atoms with Gasteiger partial charge in [-0.3, -0.25) is 14.6 Å². The molecule has 1 atom stereocenters. The summed E-state index contributed by atoms with van der Waals surface area (Å²) >= 11 is 0. The second-order valence-corrected chi connectivity index (χ2v) is 7.73. The van der Waals surface area contributed by atoms with Gasteiger partial charge in [-0.1, -0.05) is 18.2 Å². The Morgan fingerprint density at radius 2 is 2.03 bits per heavy atom. The van der Waals surface area contributed by atoms with Crippen LogP contribution in [0.15, 0.2) is 54.7 Å². The summed E-state index contributed by atoms with van der Waals surface area (Å²) in [6.45, 7) is -1.32. The number of carbonyl (C=O) groups excluding carboxylic acids is 2. The van der Waals surface area contributed by atoms with Crippen LogP contribution in [0.5, 0.6) is 5.75 Å². The van der Waals surface area contributed by atoms with E-state index < -0.39 is 43.3 Å². The van der Waals surface area contributed by atoms with Crippen LogP contribution in [-0.2, 0) is 4.79 Å². The third kappa shape index (κ3) is 4.60. The summed E-state index contributed by atoms with van der Waals surface area (Å²) in [5, 5.41) is 12.1. The molecule has 0 bridgehead atoms. The van der Waals surface area contributed by atoms with E-state index in [-0.39, 0.29) is 0 Å². The Morgan fingerprint density at radius 3 is 2.79 bits per heavy atom. The van der Waals surface area contributed by atoms with Gasteiger partial charge >= 0.3 is 0 Å². The molecule has 1 aliphatic rings. The Hall–Kier alpha value is -4.06. The first kappa shape index (κ1) is 22.1. The van der Waals surface area contributed by atoms with Crippen LogP contribution in [0.25, 0.3) is 22.0 Å². The lowest BCUT2D eigenvalue weighted by Gasteiger charge is -2.19. The van der Waals surface area contributed by atoms with Gasteiger partial charge in [0.1, 0.15) is 11.8 Å². The van der Waals surface area contributed by atoms with E-state index in [0.717, 1.165) is 16.0 Å². The third-order valence-corrected chi connectivity index (χ3v) is 5.53. The molecule has 0 spiro atoms. The lowest BCUT2D eigenvalue weighted by atomic mass is 10.0. The number of pyridine rings is 1. The highest BCUT2D eigenvalue weighted by Gasteiger charge is 2.47. The highest BCUT2D eigenvalue weighted by Crippen LogP contribution is 2.32. The zero-order valence-corrected chi connectivity index (χ0v) is 17.7. The van der Waals surface area contributed by atoms with Crippen LogP contribution in [-0.4, -0.2) is 53.9 Å². The van der Waals surface area contributed by atoms with Crippen molar-refractivity contribution in [2.75, 3.05) is 20.2 Å². The Labute approximate surface area is 188 Å². The molecule has 33 heavy (non-hydrogen) atoms. The zero-order chi connectivity index (χ0) is 23.6. The Bertz CT molecular complexity index is 1270. The maximum atomic E-state index is 13.6. The summed E-state index contributed by atoms with van der Waals surface area (Å²) in [6, 6.07) is 15.0. The molecule has 1 aromatic heterocycles. The minimum absolute atomic E-state index is 0.293. The topological polar surface area (TPSA) is 95.3 Å². The van der Waals surface area contributed by atoms with Crippen LogP contribution in [0, 0.1) is 11.3 Å². The number of nitrogens with one attached hydrogen (secondary N) is 1. The van der Waals surface area contributed by atoms with Gasteiger partial charge in [-0.05, 0) is 41.5 Å². The van der Waals surface area contributed by atoms with Gasteiger partial charge in [-0.15, -0.1) is 0 Å². The van der Waals surface area contributed by atoms with Gasteiger partial charge in [0.05, 0.1) is 37.3 Å². The molecule has 7 nitrogen and oxygen atoms in total. The Kier molecular flexibility index (Phi) is 5.92. The van der Waals surface area contributed by atoms with Crippen LogP contribution in [0.2, 0.25) is 0 Å². The minimum Gasteiger partial charge on any atom is -0.497 e. The zero-order valence-electron chi connectivity index (χ0n) is 17.7. The molecule has 9 heteroatoms. The smallest absolute Gasteiger partial charge is 0.268 e.